The van der Waals surface area contributed by atoms with Crippen LogP contribution in [-0.2, 0) is 9.53 Å². The Morgan fingerprint density at radius 3 is 2.00 bits per heavy atom. The van der Waals surface area contributed by atoms with Crippen LogP contribution < -0.4 is 5.32 Å². The van der Waals surface area contributed by atoms with Gasteiger partial charge in [-0.1, -0.05) is 41.5 Å². The van der Waals surface area contributed by atoms with Gasteiger partial charge in [0, 0.05) is 0 Å². The van der Waals surface area contributed by atoms with Crippen molar-refractivity contribution in [3.63, 3.8) is 0 Å². The molecular formula is C13H27NO2. The number of methoxy groups -OCH3 is 1. The van der Waals surface area contributed by atoms with Crippen LogP contribution in [0.4, 0.5) is 0 Å². The van der Waals surface area contributed by atoms with E-state index in [1.165, 1.54) is 7.11 Å². The minimum Gasteiger partial charge on any atom is -0.468 e. The molecule has 0 saturated heterocycles. The molecule has 0 aromatic heterocycles. The Balaban J connectivity index is 4.31. The first-order valence-electron chi connectivity index (χ1n) is 5.89. The van der Waals surface area contributed by atoms with Crippen LogP contribution in [-0.4, -0.2) is 25.7 Å². The van der Waals surface area contributed by atoms with E-state index >= 15 is 0 Å². The van der Waals surface area contributed by atoms with Crippen LogP contribution in [0.3, 0.4) is 0 Å². The lowest BCUT2D eigenvalue weighted by molar-refractivity contribution is -0.146. The van der Waals surface area contributed by atoms with Gasteiger partial charge >= 0.3 is 5.97 Å². The number of hydrogen-bond acceptors (Lipinski definition) is 3. The second-order valence-electron chi connectivity index (χ2n) is 6.59. The zero-order chi connectivity index (χ0) is 13.0. The van der Waals surface area contributed by atoms with Crippen LogP contribution in [0.2, 0.25) is 0 Å². The Hall–Kier alpha value is -0.570. The van der Waals surface area contributed by atoms with Crippen molar-refractivity contribution in [1.82, 2.24) is 5.32 Å². The zero-order valence-corrected chi connectivity index (χ0v) is 11.8. The molecule has 0 aliphatic carbocycles. The summed E-state index contributed by atoms with van der Waals surface area (Å²) < 4.78 is 4.82. The molecule has 0 rings (SSSR count). The molecule has 0 unspecified atom stereocenters. The van der Waals surface area contributed by atoms with Gasteiger partial charge in [-0.05, 0) is 23.8 Å². The molecule has 0 radical (unpaired) electrons. The van der Waals surface area contributed by atoms with Crippen LogP contribution in [0.5, 0.6) is 0 Å². The van der Waals surface area contributed by atoms with Crippen molar-refractivity contribution in [2.45, 2.75) is 54.0 Å². The predicted molar refractivity (Wildman–Crippen MR) is 67.3 cm³/mol. The minimum absolute atomic E-state index is 0.120. The second-order valence-corrected chi connectivity index (χ2v) is 6.59. The number of hydrogen-bond donors (Lipinski definition) is 1. The molecule has 0 aliphatic heterocycles. The molecule has 0 aromatic carbocycles. The molecule has 0 fully saturated rings. The van der Waals surface area contributed by atoms with Crippen LogP contribution in [0.1, 0.15) is 48.0 Å². The van der Waals surface area contributed by atoms with Crippen LogP contribution in [0.25, 0.3) is 0 Å². The van der Waals surface area contributed by atoms with Gasteiger partial charge in [0.05, 0.1) is 7.11 Å². The van der Waals surface area contributed by atoms with Gasteiger partial charge in [-0.3, -0.25) is 4.79 Å². The number of carbonyl (C=O) groups excluding carboxylic acids is 1. The number of carbonyl (C=O) groups is 1. The highest BCUT2D eigenvalue weighted by atomic mass is 16.5. The van der Waals surface area contributed by atoms with Crippen molar-refractivity contribution in [1.29, 1.82) is 0 Å². The van der Waals surface area contributed by atoms with E-state index in [1.54, 1.807) is 0 Å². The van der Waals surface area contributed by atoms with Crippen molar-refractivity contribution in [3.05, 3.63) is 0 Å². The zero-order valence-electron chi connectivity index (χ0n) is 11.8. The number of rotatable bonds is 4. The molecule has 96 valence electrons. The van der Waals surface area contributed by atoms with Crippen molar-refractivity contribution in [2.24, 2.45) is 10.8 Å². The van der Waals surface area contributed by atoms with Gasteiger partial charge in [0.2, 0.25) is 0 Å². The predicted octanol–water partition coefficient (Wildman–Crippen LogP) is 2.60. The van der Waals surface area contributed by atoms with Crippen LogP contribution in [0.15, 0.2) is 0 Å². The largest absolute Gasteiger partial charge is 0.468 e. The average molecular weight is 229 g/mol. The van der Waals surface area contributed by atoms with E-state index in [1.807, 2.05) is 20.8 Å². The quantitative estimate of drug-likeness (QED) is 0.753. The van der Waals surface area contributed by atoms with Crippen molar-refractivity contribution < 1.29 is 9.53 Å². The Morgan fingerprint density at radius 1 is 1.19 bits per heavy atom. The van der Waals surface area contributed by atoms with Crippen molar-refractivity contribution in [2.75, 3.05) is 13.7 Å². The van der Waals surface area contributed by atoms with E-state index in [2.05, 4.69) is 26.1 Å². The molecule has 16 heavy (non-hydrogen) atoms. The topological polar surface area (TPSA) is 38.3 Å². The van der Waals surface area contributed by atoms with Gasteiger partial charge in [0.1, 0.15) is 6.04 Å². The maximum absolute atomic E-state index is 11.6. The maximum Gasteiger partial charge on any atom is 0.323 e. The van der Waals surface area contributed by atoms with Gasteiger partial charge in [0.25, 0.3) is 0 Å². The second kappa shape index (κ2) is 5.67. The highest BCUT2D eigenvalue weighted by Gasteiger charge is 2.31. The highest BCUT2D eigenvalue weighted by molar-refractivity contribution is 5.76. The fraction of sp³-hybridized carbons (Fsp3) is 0.923. The molecule has 3 nitrogen and oxygen atoms in total. The molecule has 3 heteroatoms. The number of ether oxygens (including phenoxy) is 1. The highest BCUT2D eigenvalue weighted by Crippen LogP contribution is 2.22. The summed E-state index contributed by atoms with van der Waals surface area (Å²) in [5, 5.41) is 3.29. The summed E-state index contributed by atoms with van der Waals surface area (Å²) in [7, 11) is 1.44. The summed E-state index contributed by atoms with van der Waals surface area (Å²) in [6.07, 6.45) is 1.04. The smallest absolute Gasteiger partial charge is 0.323 e. The first-order valence-corrected chi connectivity index (χ1v) is 5.89. The summed E-state index contributed by atoms with van der Waals surface area (Å²) >= 11 is 0. The lowest BCUT2D eigenvalue weighted by atomic mass is 9.86. The Morgan fingerprint density at radius 2 is 1.69 bits per heavy atom. The third-order valence-corrected chi connectivity index (χ3v) is 2.53. The summed E-state index contributed by atoms with van der Waals surface area (Å²) in [5.74, 6) is -0.179. The number of nitrogens with one attached hydrogen (secondary N) is 1. The van der Waals surface area contributed by atoms with Gasteiger partial charge in [0.15, 0.2) is 0 Å². The van der Waals surface area contributed by atoms with Crippen molar-refractivity contribution >= 4 is 5.97 Å². The lowest BCUT2D eigenvalue weighted by Crippen LogP contribution is -2.47. The Bertz CT molecular complexity index is 223. The summed E-state index contributed by atoms with van der Waals surface area (Å²) in [6, 6.07) is -0.236. The fourth-order valence-electron chi connectivity index (χ4n) is 1.45. The van der Waals surface area contributed by atoms with Gasteiger partial charge in [-0.2, -0.15) is 0 Å². The molecule has 0 aliphatic rings. The summed E-state index contributed by atoms with van der Waals surface area (Å²) in [5.41, 5.74) is 0.163. The minimum atomic E-state index is -0.236. The normalized spacial score (nSPS) is 14.7. The van der Waals surface area contributed by atoms with Gasteiger partial charge < -0.3 is 10.1 Å². The maximum atomic E-state index is 11.6. The van der Waals surface area contributed by atoms with E-state index in [9.17, 15) is 4.79 Å². The van der Waals surface area contributed by atoms with Crippen molar-refractivity contribution in [3.8, 4) is 0 Å². The molecule has 1 atom stereocenters. The first kappa shape index (κ1) is 15.4. The monoisotopic (exact) mass is 229 g/mol. The third kappa shape index (κ3) is 6.11. The molecular weight excluding hydrogens is 202 g/mol. The SMILES string of the molecule is COC(=O)[C@@H](NCCC(C)(C)C)C(C)(C)C. The van der Waals surface area contributed by atoms with E-state index in [0.29, 0.717) is 0 Å². The Labute approximate surface area is 99.9 Å². The van der Waals surface area contributed by atoms with E-state index in [4.69, 9.17) is 4.74 Å². The van der Waals surface area contributed by atoms with E-state index < -0.39 is 0 Å². The number of esters is 1. The lowest BCUT2D eigenvalue weighted by Gasteiger charge is -2.30. The first-order chi connectivity index (χ1) is 7.08. The molecule has 0 heterocycles. The van der Waals surface area contributed by atoms with Crippen LogP contribution >= 0.6 is 0 Å². The molecule has 1 N–H and O–H groups in total. The molecule has 0 spiro atoms. The van der Waals surface area contributed by atoms with E-state index in [-0.39, 0.29) is 22.8 Å². The third-order valence-electron chi connectivity index (χ3n) is 2.53. The van der Waals surface area contributed by atoms with Gasteiger partial charge in [-0.25, -0.2) is 0 Å². The Kier molecular flexibility index (Phi) is 5.47. The van der Waals surface area contributed by atoms with Gasteiger partial charge in [-0.15, -0.1) is 0 Å². The van der Waals surface area contributed by atoms with E-state index in [0.717, 1.165) is 13.0 Å². The molecule has 0 amide bonds. The fourth-order valence-corrected chi connectivity index (χ4v) is 1.45. The molecule has 0 aromatic rings. The van der Waals surface area contributed by atoms with Crippen LogP contribution in [0, 0.1) is 10.8 Å². The molecule has 0 saturated carbocycles. The summed E-state index contributed by atoms with van der Waals surface area (Å²) in [4.78, 5) is 11.6. The summed E-state index contributed by atoms with van der Waals surface area (Å²) in [6.45, 7) is 13.5. The molecule has 0 bridgehead atoms. The average Bonchev–Trinajstić information content (AvgIpc) is 2.07. The standard InChI is InChI=1S/C13H27NO2/c1-12(2,3)8-9-14-10(11(15)16-7)13(4,5)6/h10,14H,8-9H2,1-7H3/t10-/m1/s1.